The number of rotatable bonds is 11. The van der Waals surface area contributed by atoms with E-state index in [1.807, 2.05) is 38.1 Å². The molecule has 3 N–H and O–H groups in total. The molecule has 1 aromatic rings. The Labute approximate surface area is 275 Å². The summed E-state index contributed by atoms with van der Waals surface area (Å²) in [6, 6.07) is 7.85. The van der Waals surface area contributed by atoms with Crippen LogP contribution < -0.4 is 15.8 Å². The third kappa shape index (κ3) is 17.1. The number of amidine groups is 1. The van der Waals surface area contributed by atoms with Crippen LogP contribution in [0.5, 0.6) is 5.75 Å². The predicted molar refractivity (Wildman–Crippen MR) is 197 cm³/mol. The number of alkyl halides is 1. The number of thiocarbonyl (C=S) groups is 1. The van der Waals surface area contributed by atoms with E-state index in [0.29, 0.717) is 21.6 Å². The highest BCUT2D eigenvalue weighted by Crippen LogP contribution is 2.37. The molecule has 42 heavy (non-hydrogen) atoms. The van der Waals surface area contributed by atoms with Crippen LogP contribution in [0.4, 0.5) is 5.69 Å². The van der Waals surface area contributed by atoms with Crippen LogP contribution in [-0.4, -0.2) is 52.5 Å². The minimum Gasteiger partial charge on any atom is -0.492 e. The quantitative estimate of drug-likeness (QED) is 0.0606. The van der Waals surface area contributed by atoms with Crippen LogP contribution in [0.3, 0.4) is 0 Å². The molecule has 1 saturated carbocycles. The summed E-state index contributed by atoms with van der Waals surface area (Å²) in [6.07, 6.45) is 16.0. The van der Waals surface area contributed by atoms with Gasteiger partial charge in [0.2, 0.25) is 0 Å². The van der Waals surface area contributed by atoms with Crippen molar-refractivity contribution in [2.75, 3.05) is 42.6 Å². The summed E-state index contributed by atoms with van der Waals surface area (Å²) in [5.41, 5.74) is 8.63. The third-order valence-corrected chi connectivity index (χ3v) is 9.69. The number of aliphatic imine (C=N–C) groups is 1. The zero-order valence-electron chi connectivity index (χ0n) is 26.9. The molecule has 1 heterocycles. The summed E-state index contributed by atoms with van der Waals surface area (Å²) in [7, 11) is 0. The number of likely N-dealkylation sites (tertiary alicyclic amines) is 1. The molecule has 1 aliphatic heterocycles. The molecule has 2 aliphatic rings. The summed E-state index contributed by atoms with van der Waals surface area (Å²) in [5, 5.41) is 4.99. The molecule has 1 aromatic carbocycles. The smallest absolute Gasteiger partial charge is 0.199 e. The second kappa shape index (κ2) is 23.1. The number of allylic oxidation sites excluding steroid dienone is 3. The molecule has 0 aromatic heterocycles. The molecule has 0 amide bonds. The van der Waals surface area contributed by atoms with Crippen LogP contribution in [0.2, 0.25) is 0 Å². The van der Waals surface area contributed by atoms with Gasteiger partial charge < -0.3 is 15.8 Å². The van der Waals surface area contributed by atoms with Crippen LogP contribution in [0, 0.1) is 11.3 Å². The van der Waals surface area contributed by atoms with E-state index >= 15 is 0 Å². The number of hydrogen-bond donors (Lipinski definition) is 2. The topological polar surface area (TPSA) is 62.9 Å². The molecule has 3 rings (SSSR count). The molecule has 0 spiro atoms. The van der Waals surface area contributed by atoms with Gasteiger partial charge in [0.25, 0.3) is 0 Å². The highest BCUT2D eigenvalue weighted by molar-refractivity contribution is 9.09. The minimum absolute atomic E-state index is 0.362. The van der Waals surface area contributed by atoms with Crippen molar-refractivity contribution < 1.29 is 4.74 Å². The van der Waals surface area contributed by atoms with Crippen LogP contribution in [0.15, 0.2) is 53.6 Å². The highest BCUT2D eigenvalue weighted by atomic mass is 79.9. The van der Waals surface area contributed by atoms with E-state index < -0.39 is 0 Å². The molecule has 1 atom stereocenters. The summed E-state index contributed by atoms with van der Waals surface area (Å²) in [4.78, 5) is 6.82. The van der Waals surface area contributed by atoms with Gasteiger partial charge in [0.05, 0.1) is 0 Å². The molecule has 5 nitrogen and oxygen atoms in total. The second-order valence-electron chi connectivity index (χ2n) is 11.2. The molecule has 1 saturated heterocycles. The normalized spacial score (nSPS) is 17.7. The Bertz CT molecular complexity index is 937. The van der Waals surface area contributed by atoms with Crippen molar-refractivity contribution in [3.05, 3.63) is 48.6 Å². The van der Waals surface area contributed by atoms with Gasteiger partial charge in [-0.1, -0.05) is 112 Å². The van der Waals surface area contributed by atoms with Crippen LogP contribution in [0.1, 0.15) is 92.4 Å². The fourth-order valence-electron chi connectivity index (χ4n) is 4.79. The van der Waals surface area contributed by atoms with Crippen LogP contribution in [-0.2, 0) is 0 Å². The zero-order valence-corrected chi connectivity index (χ0v) is 30.1. The highest BCUT2D eigenvalue weighted by Gasteiger charge is 2.26. The Morgan fingerprint density at radius 2 is 1.79 bits per heavy atom. The third-order valence-electron chi connectivity index (χ3n) is 7.55. The Balaban J connectivity index is 0.000000624. The molecular formula is C34H57BrN4OS2. The number of nitrogens with zero attached hydrogens (tertiary/aromatic N) is 2. The lowest BCUT2D eigenvalue weighted by Gasteiger charge is -2.27. The standard InChI is InChI=1S/C23H36N4OS2.C9H15Br.C2H6/c1-23(12-4-2-3-5-13-23)18-30-21(24)26-22(29)25-19-8-10-20(11-9-19)28-17-16-27-14-6-7-15-27;1-4-5-6-8(2)9(3)7-10;1-2/h8-11H,2-7,12-18H2,1H3,(H3,24,25,26,29);5-6,8H,3-4,7H2,1-2H3;1-2H3/b;6-5-;. The molecule has 2 fully saturated rings. The number of halogens is 1. The van der Waals surface area contributed by atoms with E-state index in [-0.39, 0.29) is 0 Å². The molecule has 8 heteroatoms. The molecule has 0 bridgehead atoms. The van der Waals surface area contributed by atoms with Gasteiger partial charge in [-0.15, -0.1) is 0 Å². The predicted octanol–water partition coefficient (Wildman–Crippen LogP) is 9.83. The molecule has 1 aliphatic carbocycles. The van der Waals surface area contributed by atoms with E-state index in [9.17, 15) is 0 Å². The van der Waals surface area contributed by atoms with Gasteiger partial charge in [-0.05, 0) is 93.0 Å². The van der Waals surface area contributed by atoms with Crippen molar-refractivity contribution in [1.29, 1.82) is 0 Å². The number of anilines is 1. The first-order valence-corrected chi connectivity index (χ1v) is 18.4. The van der Waals surface area contributed by atoms with Gasteiger partial charge in [0.1, 0.15) is 12.4 Å². The number of hydrogen-bond acceptors (Lipinski definition) is 4. The summed E-state index contributed by atoms with van der Waals surface area (Å²) >= 11 is 10.4. The lowest BCUT2D eigenvalue weighted by molar-refractivity contribution is 0.238. The van der Waals surface area contributed by atoms with Gasteiger partial charge in [0.15, 0.2) is 10.3 Å². The Morgan fingerprint density at radius 3 is 2.36 bits per heavy atom. The molecular weight excluding hydrogens is 624 g/mol. The fraction of sp³-hybridized carbons (Fsp3) is 0.647. The molecule has 1 unspecified atom stereocenters. The van der Waals surface area contributed by atoms with Gasteiger partial charge in [0, 0.05) is 23.3 Å². The minimum atomic E-state index is 0.362. The van der Waals surface area contributed by atoms with Crippen molar-refractivity contribution in [2.45, 2.75) is 92.4 Å². The Kier molecular flexibility index (Phi) is 21.3. The van der Waals surface area contributed by atoms with E-state index in [1.54, 1.807) is 11.8 Å². The average molecular weight is 682 g/mol. The summed E-state index contributed by atoms with van der Waals surface area (Å²) in [6.45, 7) is 18.7. The second-order valence-corrected chi connectivity index (χ2v) is 13.2. The van der Waals surface area contributed by atoms with Gasteiger partial charge in [-0.3, -0.25) is 4.90 Å². The van der Waals surface area contributed by atoms with Crippen molar-refractivity contribution in [1.82, 2.24) is 4.90 Å². The molecule has 0 radical (unpaired) electrons. The first-order chi connectivity index (χ1) is 20.2. The van der Waals surface area contributed by atoms with Gasteiger partial charge >= 0.3 is 0 Å². The molecule has 238 valence electrons. The van der Waals surface area contributed by atoms with Gasteiger partial charge in [-0.25, -0.2) is 0 Å². The fourth-order valence-corrected chi connectivity index (χ4v) is 6.52. The largest absolute Gasteiger partial charge is 0.492 e. The number of thioether (sulfide) groups is 1. The number of benzene rings is 1. The van der Waals surface area contributed by atoms with Crippen LogP contribution in [0.25, 0.3) is 0 Å². The number of nitrogens with two attached hydrogens (primary N) is 1. The van der Waals surface area contributed by atoms with E-state index in [4.69, 9.17) is 22.7 Å². The maximum absolute atomic E-state index is 6.14. The lowest BCUT2D eigenvalue weighted by atomic mass is 9.85. The van der Waals surface area contributed by atoms with Gasteiger partial charge in [-0.2, -0.15) is 4.99 Å². The first kappa shape index (κ1) is 38.7. The van der Waals surface area contributed by atoms with Crippen molar-refractivity contribution in [3.63, 3.8) is 0 Å². The Morgan fingerprint density at radius 1 is 1.17 bits per heavy atom. The van der Waals surface area contributed by atoms with E-state index in [2.05, 4.69) is 70.6 Å². The average Bonchev–Trinajstić information content (AvgIpc) is 3.42. The zero-order chi connectivity index (χ0) is 31.2. The van der Waals surface area contributed by atoms with Crippen molar-refractivity contribution >= 4 is 55.9 Å². The Hall–Kier alpha value is -1.35. The lowest BCUT2D eigenvalue weighted by Crippen LogP contribution is -2.25. The first-order valence-electron chi connectivity index (χ1n) is 15.9. The number of ether oxygens (including phenoxy) is 1. The van der Waals surface area contributed by atoms with E-state index in [0.717, 1.165) is 42.1 Å². The van der Waals surface area contributed by atoms with Crippen LogP contribution >= 0.6 is 39.9 Å². The monoisotopic (exact) mass is 680 g/mol. The number of nitrogens with one attached hydrogen (secondary N) is 1. The van der Waals surface area contributed by atoms with Crippen molar-refractivity contribution in [2.24, 2.45) is 22.1 Å². The summed E-state index contributed by atoms with van der Waals surface area (Å²) in [5.74, 6) is 2.40. The SMILES string of the molecule is C=C(CBr)C(C)/C=C\CC.CC.CC1(CS/C(N)=N/C(=S)Nc2ccc(OCCN3CCCC3)cc2)CCCCCC1. The maximum atomic E-state index is 6.14. The van der Waals surface area contributed by atoms with Crippen molar-refractivity contribution in [3.8, 4) is 5.75 Å². The maximum Gasteiger partial charge on any atom is 0.199 e. The summed E-state index contributed by atoms with van der Waals surface area (Å²) < 4.78 is 5.85. The van der Waals surface area contributed by atoms with E-state index in [1.165, 1.54) is 70.0 Å².